The van der Waals surface area contributed by atoms with Crippen LogP contribution in [-0.4, -0.2) is 19.9 Å². The summed E-state index contributed by atoms with van der Waals surface area (Å²) in [5, 5.41) is 0. The third-order valence-corrected chi connectivity index (χ3v) is 2.09. The summed E-state index contributed by atoms with van der Waals surface area (Å²) in [7, 11) is 0. The summed E-state index contributed by atoms with van der Waals surface area (Å²) in [4.78, 5) is 26.3. The Morgan fingerprint density at radius 3 is 2.50 bits per heavy atom. The van der Waals surface area contributed by atoms with Crippen LogP contribution in [0.2, 0.25) is 0 Å². The number of aromatic nitrogens is 4. The van der Waals surface area contributed by atoms with Crippen molar-refractivity contribution in [3.05, 3.63) is 40.1 Å². The highest BCUT2D eigenvalue weighted by Crippen LogP contribution is 2.05. The molecule has 0 saturated carbocycles. The quantitative estimate of drug-likeness (QED) is 0.737. The minimum atomic E-state index is -0.253. The van der Waals surface area contributed by atoms with Crippen molar-refractivity contribution in [2.45, 2.75) is 13.5 Å². The van der Waals surface area contributed by atoms with Crippen molar-refractivity contribution < 1.29 is 0 Å². The summed E-state index contributed by atoms with van der Waals surface area (Å²) in [6.07, 6.45) is 4.77. The van der Waals surface area contributed by atoms with Crippen molar-refractivity contribution in [3.8, 4) is 11.6 Å². The van der Waals surface area contributed by atoms with Gasteiger partial charge in [0.05, 0.1) is 0 Å². The maximum Gasteiger partial charge on any atom is 0.255 e. The summed E-state index contributed by atoms with van der Waals surface area (Å²) in [6.45, 7) is 2.05. The van der Waals surface area contributed by atoms with E-state index in [9.17, 15) is 4.79 Å². The molecule has 0 spiro atoms. The highest BCUT2D eigenvalue weighted by atomic mass is 16.1. The van der Waals surface area contributed by atoms with Gasteiger partial charge in [0.15, 0.2) is 11.6 Å². The predicted molar refractivity (Wildman–Crippen MR) is 58.5 cm³/mol. The minimum Gasteiger partial charge on any atom is -0.326 e. The Bertz CT molecular complexity index is 546. The molecule has 0 aromatic carbocycles. The zero-order valence-corrected chi connectivity index (χ0v) is 8.77. The molecule has 0 radical (unpaired) electrons. The van der Waals surface area contributed by atoms with Crippen LogP contribution in [0.15, 0.2) is 23.4 Å². The molecular formula is C10H11N5O. The standard InChI is InChI=1S/C10H11N5O/c1-6-3-12-8(13-4-6)9-14-5-7(2-11)10(16)15-9/h3-5H,2,11H2,1H3,(H,14,15,16). The summed E-state index contributed by atoms with van der Waals surface area (Å²) < 4.78 is 0. The van der Waals surface area contributed by atoms with Crippen molar-refractivity contribution >= 4 is 0 Å². The predicted octanol–water partition coefficient (Wildman–Crippen LogP) is -0.00598. The number of aromatic amines is 1. The van der Waals surface area contributed by atoms with Crippen LogP contribution in [0.25, 0.3) is 11.6 Å². The van der Waals surface area contributed by atoms with E-state index < -0.39 is 0 Å². The Labute approximate surface area is 91.6 Å². The molecule has 6 heteroatoms. The van der Waals surface area contributed by atoms with Crippen LogP contribution >= 0.6 is 0 Å². The molecule has 0 aliphatic rings. The monoisotopic (exact) mass is 217 g/mol. The van der Waals surface area contributed by atoms with Crippen LogP contribution in [-0.2, 0) is 6.54 Å². The lowest BCUT2D eigenvalue weighted by Gasteiger charge is -2.00. The van der Waals surface area contributed by atoms with Crippen molar-refractivity contribution in [2.75, 3.05) is 0 Å². The summed E-state index contributed by atoms with van der Waals surface area (Å²) >= 11 is 0. The number of nitrogens with two attached hydrogens (primary N) is 1. The summed E-state index contributed by atoms with van der Waals surface area (Å²) in [5.41, 5.74) is 6.50. The van der Waals surface area contributed by atoms with Gasteiger partial charge < -0.3 is 10.7 Å². The maximum atomic E-state index is 11.5. The third-order valence-electron chi connectivity index (χ3n) is 2.09. The SMILES string of the molecule is Cc1cnc(-c2ncc(CN)c(=O)[nH]2)nc1. The smallest absolute Gasteiger partial charge is 0.255 e. The molecule has 6 nitrogen and oxygen atoms in total. The third kappa shape index (κ3) is 1.96. The Morgan fingerprint density at radius 2 is 1.94 bits per heavy atom. The van der Waals surface area contributed by atoms with E-state index in [4.69, 9.17) is 5.73 Å². The van der Waals surface area contributed by atoms with E-state index in [2.05, 4.69) is 19.9 Å². The molecule has 0 bridgehead atoms. The fourth-order valence-corrected chi connectivity index (χ4v) is 1.20. The van der Waals surface area contributed by atoms with Crippen molar-refractivity contribution in [1.29, 1.82) is 0 Å². The summed E-state index contributed by atoms with van der Waals surface area (Å²) in [6, 6.07) is 0. The van der Waals surface area contributed by atoms with E-state index in [-0.39, 0.29) is 12.1 Å². The maximum absolute atomic E-state index is 11.5. The molecule has 2 aromatic heterocycles. The molecule has 0 amide bonds. The van der Waals surface area contributed by atoms with E-state index in [0.29, 0.717) is 17.2 Å². The van der Waals surface area contributed by atoms with Gasteiger partial charge in [-0.25, -0.2) is 15.0 Å². The van der Waals surface area contributed by atoms with E-state index in [1.807, 2.05) is 6.92 Å². The molecule has 0 aliphatic carbocycles. The van der Waals surface area contributed by atoms with Crippen LogP contribution in [0.3, 0.4) is 0 Å². The van der Waals surface area contributed by atoms with E-state index in [1.54, 1.807) is 12.4 Å². The van der Waals surface area contributed by atoms with Crippen LogP contribution in [0, 0.1) is 6.92 Å². The van der Waals surface area contributed by atoms with Gasteiger partial charge >= 0.3 is 0 Å². The van der Waals surface area contributed by atoms with Gasteiger partial charge in [-0.1, -0.05) is 0 Å². The van der Waals surface area contributed by atoms with Gasteiger partial charge in [-0.15, -0.1) is 0 Å². The molecule has 0 saturated heterocycles. The van der Waals surface area contributed by atoms with Crippen LogP contribution in [0.1, 0.15) is 11.1 Å². The van der Waals surface area contributed by atoms with E-state index in [0.717, 1.165) is 5.56 Å². The molecule has 2 aromatic rings. The number of aryl methyl sites for hydroxylation is 1. The second-order valence-corrected chi connectivity index (χ2v) is 3.37. The molecule has 16 heavy (non-hydrogen) atoms. The first-order chi connectivity index (χ1) is 7.70. The largest absolute Gasteiger partial charge is 0.326 e. The summed E-state index contributed by atoms with van der Waals surface area (Å²) in [5.74, 6) is 0.744. The van der Waals surface area contributed by atoms with E-state index >= 15 is 0 Å². The van der Waals surface area contributed by atoms with Crippen molar-refractivity contribution in [2.24, 2.45) is 5.73 Å². The molecule has 2 rings (SSSR count). The molecule has 0 aliphatic heterocycles. The van der Waals surface area contributed by atoms with E-state index in [1.165, 1.54) is 6.20 Å². The number of hydrogen-bond donors (Lipinski definition) is 2. The Kier molecular flexibility index (Phi) is 2.74. The molecule has 82 valence electrons. The van der Waals surface area contributed by atoms with Gasteiger partial charge in [-0.3, -0.25) is 4.79 Å². The average Bonchev–Trinajstić information content (AvgIpc) is 2.30. The second-order valence-electron chi connectivity index (χ2n) is 3.37. The lowest BCUT2D eigenvalue weighted by Crippen LogP contribution is -2.17. The number of nitrogens with zero attached hydrogens (tertiary/aromatic N) is 3. The molecule has 0 fully saturated rings. The molecule has 0 atom stereocenters. The minimum absolute atomic E-state index is 0.164. The highest BCUT2D eigenvalue weighted by Gasteiger charge is 2.05. The van der Waals surface area contributed by atoms with Gasteiger partial charge in [0.25, 0.3) is 5.56 Å². The number of rotatable bonds is 2. The first kappa shape index (κ1) is 10.4. The molecule has 0 unspecified atom stereocenters. The Morgan fingerprint density at radius 1 is 1.25 bits per heavy atom. The number of hydrogen-bond acceptors (Lipinski definition) is 5. The van der Waals surface area contributed by atoms with Crippen LogP contribution < -0.4 is 11.3 Å². The van der Waals surface area contributed by atoms with Crippen molar-refractivity contribution in [1.82, 2.24) is 19.9 Å². The molecule has 2 heterocycles. The zero-order valence-electron chi connectivity index (χ0n) is 8.77. The average molecular weight is 217 g/mol. The normalized spacial score (nSPS) is 10.4. The molecule has 3 N–H and O–H groups in total. The number of nitrogens with one attached hydrogen (secondary N) is 1. The van der Waals surface area contributed by atoms with Crippen LogP contribution in [0.4, 0.5) is 0 Å². The fourth-order valence-electron chi connectivity index (χ4n) is 1.20. The topological polar surface area (TPSA) is 97.5 Å². The lowest BCUT2D eigenvalue weighted by atomic mass is 10.3. The first-order valence-electron chi connectivity index (χ1n) is 4.78. The highest BCUT2D eigenvalue weighted by molar-refractivity contribution is 5.41. The molecular weight excluding hydrogens is 206 g/mol. The Hall–Kier alpha value is -2.08. The van der Waals surface area contributed by atoms with Gasteiger partial charge in [0, 0.05) is 30.7 Å². The Balaban J connectivity index is 2.45. The fraction of sp³-hybridized carbons (Fsp3) is 0.200. The first-order valence-corrected chi connectivity index (χ1v) is 4.78. The van der Waals surface area contributed by atoms with Crippen LogP contribution in [0.5, 0.6) is 0 Å². The van der Waals surface area contributed by atoms with Gasteiger partial charge in [0.1, 0.15) is 0 Å². The van der Waals surface area contributed by atoms with Crippen molar-refractivity contribution in [3.63, 3.8) is 0 Å². The zero-order chi connectivity index (χ0) is 11.5. The second kappa shape index (κ2) is 4.19. The van der Waals surface area contributed by atoms with Gasteiger partial charge in [0.2, 0.25) is 0 Å². The number of H-pyrrole nitrogens is 1. The van der Waals surface area contributed by atoms with Gasteiger partial charge in [-0.05, 0) is 12.5 Å². The van der Waals surface area contributed by atoms with Gasteiger partial charge in [-0.2, -0.15) is 0 Å². The lowest BCUT2D eigenvalue weighted by molar-refractivity contribution is 0.963.